The number of pyridine rings is 1. The standard InChI is InChI=1S/C30H26N6O3.C9H7NO/c31-17-21-4-1-2-5-22(21)18-38-25-6-3-7-26(16-25)39-24-10-8-20(9-11-24)28-27-29(32)33-19-34-30(27)36(35-28)23-12-14-37-15-13-23;11-8-5-1-3-7-4-2-6-10-9(7)8/h1-11,16,19,23H,12-15,18H2,(H2,32,33,34);1-6,11H. The van der Waals surface area contributed by atoms with Gasteiger partial charge in [0.1, 0.15) is 53.0 Å². The number of aromatic hydroxyl groups is 1. The fourth-order valence-corrected chi connectivity index (χ4v) is 5.83. The first kappa shape index (κ1) is 32.1. The number of para-hydroxylation sites is 1. The van der Waals surface area contributed by atoms with Gasteiger partial charge in [-0.1, -0.05) is 42.5 Å². The Morgan fingerprint density at radius 2 is 1.64 bits per heavy atom. The van der Waals surface area contributed by atoms with E-state index in [0.29, 0.717) is 54.0 Å². The molecule has 50 heavy (non-hydrogen) atoms. The van der Waals surface area contributed by atoms with Crippen LogP contribution in [0.3, 0.4) is 0 Å². The van der Waals surface area contributed by atoms with E-state index in [9.17, 15) is 10.4 Å². The summed E-state index contributed by atoms with van der Waals surface area (Å²) in [5.41, 5.74) is 10.8. The van der Waals surface area contributed by atoms with Gasteiger partial charge in [0.25, 0.3) is 0 Å². The first-order valence-electron chi connectivity index (χ1n) is 16.2. The molecule has 0 bridgehead atoms. The number of nitrogen functional groups attached to an aromatic ring is 1. The van der Waals surface area contributed by atoms with Gasteiger partial charge < -0.3 is 25.1 Å². The van der Waals surface area contributed by atoms with E-state index < -0.39 is 0 Å². The molecule has 11 nitrogen and oxygen atoms in total. The molecule has 0 radical (unpaired) electrons. The van der Waals surface area contributed by atoms with Gasteiger partial charge in [-0.3, -0.25) is 4.98 Å². The second-order valence-electron chi connectivity index (χ2n) is 11.6. The predicted octanol–water partition coefficient (Wildman–Crippen LogP) is 7.61. The van der Waals surface area contributed by atoms with Crippen molar-refractivity contribution in [2.75, 3.05) is 18.9 Å². The molecule has 4 heterocycles. The third-order valence-electron chi connectivity index (χ3n) is 8.37. The zero-order valence-electron chi connectivity index (χ0n) is 27.0. The maximum Gasteiger partial charge on any atom is 0.164 e. The Labute approximate surface area is 288 Å². The van der Waals surface area contributed by atoms with E-state index in [-0.39, 0.29) is 11.8 Å². The highest BCUT2D eigenvalue weighted by atomic mass is 16.5. The van der Waals surface area contributed by atoms with Crippen molar-refractivity contribution in [1.82, 2.24) is 24.7 Å². The normalized spacial score (nSPS) is 12.9. The molecule has 4 aromatic carbocycles. The summed E-state index contributed by atoms with van der Waals surface area (Å²) in [6.07, 6.45) is 4.90. The Balaban J connectivity index is 0.000000302. The van der Waals surface area contributed by atoms with Gasteiger partial charge in [0, 0.05) is 42.0 Å². The number of ether oxygens (including phenoxy) is 3. The minimum Gasteiger partial charge on any atom is -0.506 e. The Morgan fingerprint density at radius 1 is 0.860 bits per heavy atom. The lowest BCUT2D eigenvalue weighted by Gasteiger charge is -2.22. The molecular formula is C39H33N7O4. The van der Waals surface area contributed by atoms with E-state index >= 15 is 0 Å². The van der Waals surface area contributed by atoms with Gasteiger partial charge in [0.2, 0.25) is 0 Å². The van der Waals surface area contributed by atoms with Crippen molar-refractivity contribution in [3.8, 4) is 40.3 Å². The summed E-state index contributed by atoms with van der Waals surface area (Å²) in [6, 6.07) is 34.0. The van der Waals surface area contributed by atoms with Gasteiger partial charge in [-0.05, 0) is 67.4 Å². The van der Waals surface area contributed by atoms with Crippen LogP contribution in [0, 0.1) is 11.3 Å². The van der Waals surface area contributed by atoms with Gasteiger partial charge >= 0.3 is 0 Å². The number of phenols is 1. The molecule has 248 valence electrons. The highest BCUT2D eigenvalue weighted by molar-refractivity contribution is 5.98. The summed E-state index contributed by atoms with van der Waals surface area (Å²) in [6.45, 7) is 1.70. The highest BCUT2D eigenvalue weighted by Crippen LogP contribution is 2.35. The van der Waals surface area contributed by atoms with Crippen molar-refractivity contribution in [1.29, 1.82) is 5.26 Å². The summed E-state index contributed by atoms with van der Waals surface area (Å²) in [5.74, 6) is 2.60. The van der Waals surface area contributed by atoms with Gasteiger partial charge in [-0.2, -0.15) is 10.4 Å². The van der Waals surface area contributed by atoms with E-state index in [1.807, 2.05) is 89.6 Å². The quantitative estimate of drug-likeness (QED) is 0.174. The van der Waals surface area contributed by atoms with Crippen LogP contribution in [0.15, 0.2) is 116 Å². The van der Waals surface area contributed by atoms with Crippen LogP contribution in [0.4, 0.5) is 5.82 Å². The smallest absolute Gasteiger partial charge is 0.164 e. The third kappa shape index (κ3) is 7.01. The number of rotatable bonds is 7. The highest BCUT2D eigenvalue weighted by Gasteiger charge is 2.24. The lowest BCUT2D eigenvalue weighted by atomic mass is 10.1. The molecule has 1 aliphatic heterocycles. The maximum atomic E-state index is 9.31. The zero-order valence-corrected chi connectivity index (χ0v) is 27.0. The first-order valence-corrected chi connectivity index (χ1v) is 16.2. The van der Waals surface area contributed by atoms with Crippen molar-refractivity contribution >= 4 is 27.8 Å². The Hall–Kier alpha value is -6.51. The first-order chi connectivity index (χ1) is 24.6. The molecule has 0 spiro atoms. The van der Waals surface area contributed by atoms with Gasteiger partial charge in [-0.15, -0.1) is 0 Å². The summed E-state index contributed by atoms with van der Waals surface area (Å²) in [7, 11) is 0. The van der Waals surface area contributed by atoms with Gasteiger partial charge in [0.05, 0.1) is 23.1 Å². The molecule has 0 amide bonds. The number of aromatic nitrogens is 5. The monoisotopic (exact) mass is 663 g/mol. The Morgan fingerprint density at radius 3 is 2.46 bits per heavy atom. The minimum atomic E-state index is 0.204. The van der Waals surface area contributed by atoms with Crippen molar-refractivity contribution < 1.29 is 19.3 Å². The van der Waals surface area contributed by atoms with Crippen LogP contribution in [-0.2, 0) is 11.3 Å². The predicted molar refractivity (Wildman–Crippen MR) is 190 cm³/mol. The second kappa shape index (κ2) is 14.7. The molecule has 0 saturated carbocycles. The molecule has 1 fully saturated rings. The maximum absolute atomic E-state index is 9.31. The third-order valence-corrected chi connectivity index (χ3v) is 8.37. The summed E-state index contributed by atoms with van der Waals surface area (Å²) in [4.78, 5) is 12.7. The number of nitriles is 1. The van der Waals surface area contributed by atoms with Crippen molar-refractivity contribution in [2.24, 2.45) is 0 Å². The minimum absolute atomic E-state index is 0.204. The average molecular weight is 664 g/mol. The number of nitrogens with two attached hydrogens (primary N) is 1. The molecule has 1 saturated heterocycles. The van der Waals surface area contributed by atoms with Crippen LogP contribution in [0.2, 0.25) is 0 Å². The van der Waals surface area contributed by atoms with Crippen LogP contribution in [0.1, 0.15) is 30.0 Å². The number of hydrogen-bond acceptors (Lipinski definition) is 10. The van der Waals surface area contributed by atoms with Gasteiger partial charge in [-0.25, -0.2) is 14.6 Å². The fraction of sp³-hybridized carbons (Fsp3) is 0.154. The van der Waals surface area contributed by atoms with E-state index in [0.717, 1.165) is 46.1 Å². The van der Waals surface area contributed by atoms with Crippen LogP contribution >= 0.6 is 0 Å². The topological polar surface area (TPSA) is 154 Å². The number of nitrogens with zero attached hydrogens (tertiary/aromatic N) is 6. The van der Waals surface area contributed by atoms with Crippen molar-refractivity contribution in [3.63, 3.8) is 0 Å². The summed E-state index contributed by atoms with van der Waals surface area (Å²) in [5, 5.41) is 25.2. The van der Waals surface area contributed by atoms with Crippen LogP contribution in [-0.4, -0.2) is 43.1 Å². The van der Waals surface area contributed by atoms with E-state index in [1.165, 1.54) is 6.33 Å². The molecule has 8 rings (SSSR count). The average Bonchev–Trinajstić information content (AvgIpc) is 3.56. The summed E-state index contributed by atoms with van der Waals surface area (Å²) < 4.78 is 19.5. The molecular weight excluding hydrogens is 630 g/mol. The van der Waals surface area contributed by atoms with E-state index in [1.54, 1.807) is 24.4 Å². The van der Waals surface area contributed by atoms with Gasteiger partial charge in [0.15, 0.2) is 5.65 Å². The van der Waals surface area contributed by atoms with Crippen LogP contribution in [0.5, 0.6) is 23.0 Å². The SMILES string of the molecule is N#Cc1ccccc1COc1cccc(Oc2ccc(-c3nn(C4CCOCC4)c4ncnc(N)c34)cc2)c1.Oc1cccc2cccnc12. The molecule has 3 N–H and O–H groups in total. The molecule has 3 aromatic heterocycles. The molecule has 0 aliphatic carbocycles. The molecule has 7 aromatic rings. The largest absolute Gasteiger partial charge is 0.506 e. The fourth-order valence-electron chi connectivity index (χ4n) is 5.83. The zero-order chi connectivity index (χ0) is 34.3. The van der Waals surface area contributed by atoms with Crippen molar-refractivity contribution in [2.45, 2.75) is 25.5 Å². The molecule has 11 heteroatoms. The molecule has 0 atom stereocenters. The van der Waals surface area contributed by atoms with Crippen LogP contribution in [0.25, 0.3) is 33.2 Å². The lowest BCUT2D eigenvalue weighted by Crippen LogP contribution is -2.20. The van der Waals surface area contributed by atoms with E-state index in [2.05, 4.69) is 21.0 Å². The Kier molecular flexibility index (Phi) is 9.44. The number of hydrogen-bond donors (Lipinski definition) is 2. The molecule has 1 aliphatic rings. The van der Waals surface area contributed by atoms with E-state index in [4.69, 9.17) is 25.0 Å². The van der Waals surface area contributed by atoms with Crippen LogP contribution < -0.4 is 15.2 Å². The second-order valence-corrected chi connectivity index (χ2v) is 11.6. The summed E-state index contributed by atoms with van der Waals surface area (Å²) >= 11 is 0. The molecule has 0 unspecified atom stereocenters. The lowest BCUT2D eigenvalue weighted by molar-refractivity contribution is 0.0674. The van der Waals surface area contributed by atoms with Crippen molar-refractivity contribution in [3.05, 3.63) is 127 Å². The number of anilines is 1. The Bertz CT molecular complexity index is 2290. The number of fused-ring (bicyclic) bond motifs is 2. The number of phenolic OH excluding ortho intramolecular Hbond substituents is 1. The number of benzene rings is 4.